The van der Waals surface area contributed by atoms with E-state index in [4.69, 9.17) is 9.47 Å². The average Bonchev–Trinajstić information content (AvgIpc) is 3.27. The maximum absolute atomic E-state index is 11.8. The Morgan fingerprint density at radius 2 is 1.64 bits per heavy atom. The Balaban J connectivity index is 1.85. The highest BCUT2D eigenvalue weighted by molar-refractivity contribution is 5.74. The third-order valence-electron chi connectivity index (χ3n) is 5.98. The highest BCUT2D eigenvalue weighted by Gasteiger charge is 2.29. The molecule has 0 aliphatic heterocycles. The molecule has 0 radical (unpaired) electrons. The molecule has 0 spiro atoms. The van der Waals surface area contributed by atoms with Gasteiger partial charge in [-0.1, -0.05) is 44.2 Å². The van der Waals surface area contributed by atoms with Crippen LogP contribution in [0.1, 0.15) is 37.0 Å². The van der Waals surface area contributed by atoms with E-state index in [9.17, 15) is 9.90 Å². The van der Waals surface area contributed by atoms with Gasteiger partial charge in [0.25, 0.3) is 0 Å². The lowest BCUT2D eigenvalue weighted by molar-refractivity contribution is -0.140. The topological polar surface area (TPSA) is 86.5 Å². The normalized spacial score (nSPS) is 11.5. The van der Waals surface area contributed by atoms with E-state index >= 15 is 0 Å². The van der Waals surface area contributed by atoms with Gasteiger partial charge in [-0.05, 0) is 47.9 Å². The van der Waals surface area contributed by atoms with E-state index in [0.29, 0.717) is 17.7 Å². The minimum Gasteiger partial charge on any atom is -0.505 e. The van der Waals surface area contributed by atoms with Gasteiger partial charge in [0.15, 0.2) is 0 Å². The van der Waals surface area contributed by atoms with Crippen LogP contribution in [0.2, 0.25) is 0 Å². The molecule has 33 heavy (non-hydrogen) atoms. The maximum Gasteiger partial charge on any atom is 0.305 e. The Labute approximate surface area is 192 Å². The number of carbonyl (C=O) groups excluding carboxylic acids is 1. The number of fused-ring (bicyclic) bond motifs is 1. The lowest BCUT2D eigenvalue weighted by atomic mass is 9.76. The number of ether oxygens (including phenoxy) is 2. The van der Waals surface area contributed by atoms with Crippen LogP contribution >= 0.6 is 0 Å². The Hall–Kier alpha value is -3.87. The predicted molar refractivity (Wildman–Crippen MR) is 126 cm³/mol. The van der Waals surface area contributed by atoms with Crippen molar-refractivity contribution in [1.82, 2.24) is 15.0 Å². The minimum atomic E-state index is -0.543. The van der Waals surface area contributed by atoms with Crippen LogP contribution in [0.5, 0.6) is 11.5 Å². The highest BCUT2D eigenvalue weighted by Crippen LogP contribution is 2.41. The number of benzene rings is 3. The second-order valence-electron chi connectivity index (χ2n) is 8.42. The number of aromatic hydroxyl groups is 1. The first-order valence-electron chi connectivity index (χ1n) is 10.7. The number of aromatic nitrogens is 3. The SMILES string of the molecule is COC(=O)CCc1cc(-n2nc3ccccc3n2)c(O)c(C(C)(C)c2ccc(OC)cc2)c1. The van der Waals surface area contributed by atoms with Crippen molar-refractivity contribution in [3.8, 4) is 17.2 Å². The van der Waals surface area contributed by atoms with E-state index in [-0.39, 0.29) is 18.1 Å². The zero-order valence-corrected chi connectivity index (χ0v) is 19.2. The summed E-state index contributed by atoms with van der Waals surface area (Å²) in [4.78, 5) is 13.2. The number of methoxy groups -OCH3 is 2. The highest BCUT2D eigenvalue weighted by atomic mass is 16.5. The van der Waals surface area contributed by atoms with Crippen LogP contribution in [-0.2, 0) is 21.4 Å². The van der Waals surface area contributed by atoms with Crippen LogP contribution in [0.3, 0.4) is 0 Å². The summed E-state index contributed by atoms with van der Waals surface area (Å²) in [7, 11) is 3.01. The van der Waals surface area contributed by atoms with Crippen molar-refractivity contribution >= 4 is 17.0 Å². The number of hydrogen-bond donors (Lipinski definition) is 1. The quantitative estimate of drug-likeness (QED) is 0.420. The Morgan fingerprint density at radius 3 is 2.21 bits per heavy atom. The lowest BCUT2D eigenvalue weighted by Crippen LogP contribution is -2.20. The average molecular weight is 446 g/mol. The van der Waals surface area contributed by atoms with Gasteiger partial charge in [0, 0.05) is 17.4 Å². The fourth-order valence-electron chi connectivity index (χ4n) is 3.93. The van der Waals surface area contributed by atoms with E-state index in [0.717, 1.165) is 27.9 Å². The molecule has 0 bridgehead atoms. The summed E-state index contributed by atoms with van der Waals surface area (Å²) in [5.74, 6) is 0.570. The molecule has 0 aliphatic carbocycles. The summed E-state index contributed by atoms with van der Waals surface area (Å²) in [5.41, 5.74) is 3.98. The van der Waals surface area contributed by atoms with Gasteiger partial charge in [0.1, 0.15) is 28.2 Å². The molecule has 0 saturated heterocycles. The lowest BCUT2D eigenvalue weighted by Gasteiger charge is -2.28. The fraction of sp³-hybridized carbons (Fsp3) is 0.269. The van der Waals surface area contributed by atoms with Gasteiger partial charge >= 0.3 is 5.97 Å². The van der Waals surface area contributed by atoms with E-state index in [1.807, 2.05) is 74.5 Å². The maximum atomic E-state index is 11.8. The molecule has 0 aliphatic rings. The third kappa shape index (κ3) is 4.39. The standard InChI is InChI=1S/C26H27N3O4/c1-26(2,18-10-12-19(32-3)13-11-18)20-15-17(9-14-24(30)33-4)16-23(25(20)31)29-27-21-7-5-6-8-22(21)28-29/h5-8,10-13,15-16,31H,9,14H2,1-4H3. The van der Waals surface area contributed by atoms with E-state index < -0.39 is 5.41 Å². The number of phenolic OH excluding ortho intramolecular Hbond substituents is 1. The van der Waals surface area contributed by atoms with Crippen molar-refractivity contribution in [3.63, 3.8) is 0 Å². The molecule has 0 atom stereocenters. The number of aryl methyl sites for hydroxylation is 1. The van der Waals surface area contributed by atoms with Crippen LogP contribution < -0.4 is 4.74 Å². The molecule has 0 amide bonds. The summed E-state index contributed by atoms with van der Waals surface area (Å²) in [6.07, 6.45) is 0.698. The second kappa shape index (κ2) is 8.94. The molecule has 3 aromatic carbocycles. The molecule has 0 fully saturated rings. The van der Waals surface area contributed by atoms with Crippen molar-refractivity contribution in [3.05, 3.63) is 77.4 Å². The van der Waals surface area contributed by atoms with E-state index in [1.54, 1.807) is 7.11 Å². The summed E-state index contributed by atoms with van der Waals surface area (Å²) >= 11 is 0. The summed E-state index contributed by atoms with van der Waals surface area (Å²) < 4.78 is 10.1. The molecule has 1 N–H and O–H groups in total. The Morgan fingerprint density at radius 1 is 1.00 bits per heavy atom. The molecular weight excluding hydrogens is 418 g/mol. The molecule has 7 nitrogen and oxygen atoms in total. The van der Waals surface area contributed by atoms with E-state index in [1.165, 1.54) is 11.9 Å². The smallest absolute Gasteiger partial charge is 0.305 e. The first-order chi connectivity index (χ1) is 15.8. The molecule has 4 rings (SSSR count). The monoisotopic (exact) mass is 445 g/mol. The zero-order chi connectivity index (χ0) is 23.6. The molecule has 4 aromatic rings. The van der Waals surface area contributed by atoms with E-state index in [2.05, 4.69) is 10.2 Å². The van der Waals surface area contributed by atoms with Crippen molar-refractivity contribution in [2.45, 2.75) is 32.1 Å². The van der Waals surface area contributed by atoms with Crippen LogP contribution in [0, 0.1) is 0 Å². The molecular formula is C26H27N3O4. The van der Waals surface area contributed by atoms with Crippen molar-refractivity contribution < 1.29 is 19.4 Å². The van der Waals surface area contributed by atoms with Crippen molar-refractivity contribution in [2.24, 2.45) is 0 Å². The minimum absolute atomic E-state index is 0.0953. The second-order valence-corrected chi connectivity index (χ2v) is 8.42. The Bertz CT molecular complexity index is 1260. The van der Waals surface area contributed by atoms with Crippen LogP contribution in [0.15, 0.2) is 60.7 Å². The summed E-state index contributed by atoms with van der Waals surface area (Å²) in [5, 5.41) is 20.5. The van der Waals surface area contributed by atoms with Crippen molar-refractivity contribution in [2.75, 3.05) is 14.2 Å². The zero-order valence-electron chi connectivity index (χ0n) is 19.2. The fourth-order valence-corrected chi connectivity index (χ4v) is 3.93. The molecule has 170 valence electrons. The van der Waals surface area contributed by atoms with Crippen LogP contribution in [0.25, 0.3) is 16.7 Å². The number of rotatable bonds is 7. The molecule has 0 unspecified atom stereocenters. The van der Waals surface area contributed by atoms with Gasteiger partial charge in [-0.3, -0.25) is 4.79 Å². The number of hydrogen-bond acceptors (Lipinski definition) is 6. The third-order valence-corrected chi connectivity index (χ3v) is 5.98. The number of esters is 1. The summed E-state index contributed by atoms with van der Waals surface area (Å²) in [6.45, 7) is 4.09. The van der Waals surface area contributed by atoms with Gasteiger partial charge in [0.05, 0.1) is 14.2 Å². The van der Waals surface area contributed by atoms with Gasteiger partial charge in [-0.25, -0.2) is 0 Å². The van der Waals surface area contributed by atoms with Gasteiger partial charge in [-0.2, -0.15) is 0 Å². The van der Waals surface area contributed by atoms with Crippen molar-refractivity contribution in [1.29, 1.82) is 0 Å². The van der Waals surface area contributed by atoms with Gasteiger partial charge in [-0.15, -0.1) is 15.0 Å². The molecule has 7 heteroatoms. The number of carbonyl (C=O) groups is 1. The molecule has 1 heterocycles. The number of nitrogens with zero attached hydrogens (tertiary/aromatic N) is 3. The molecule has 0 saturated carbocycles. The molecule has 1 aromatic heterocycles. The van der Waals surface area contributed by atoms with Gasteiger partial charge < -0.3 is 14.6 Å². The van der Waals surface area contributed by atoms with Gasteiger partial charge in [0.2, 0.25) is 0 Å². The Kier molecular flexibility index (Phi) is 6.05. The van der Waals surface area contributed by atoms with Crippen LogP contribution in [-0.4, -0.2) is 40.3 Å². The number of phenols is 1. The predicted octanol–water partition coefficient (Wildman–Crippen LogP) is 4.57. The largest absolute Gasteiger partial charge is 0.505 e. The first kappa shape index (κ1) is 22.3. The first-order valence-corrected chi connectivity index (χ1v) is 10.7. The summed E-state index contributed by atoms with van der Waals surface area (Å²) in [6, 6.07) is 19.1. The van der Waals surface area contributed by atoms with Crippen LogP contribution in [0.4, 0.5) is 0 Å².